The summed E-state index contributed by atoms with van der Waals surface area (Å²) in [6, 6.07) is 10.0. The minimum absolute atomic E-state index is 0. The maximum absolute atomic E-state index is 13.2. The highest BCUT2D eigenvalue weighted by atomic mass is 35.5. The Morgan fingerprint density at radius 3 is 2.46 bits per heavy atom. The minimum atomic E-state index is -4.18. The molecule has 1 N–H and O–H groups in total. The Hall–Kier alpha value is -2.63. The van der Waals surface area contributed by atoms with E-state index >= 15 is 0 Å². The van der Waals surface area contributed by atoms with Crippen LogP contribution >= 0.6 is 12.4 Å². The lowest BCUT2D eigenvalue weighted by molar-refractivity contribution is -0.138. The van der Waals surface area contributed by atoms with Crippen molar-refractivity contribution in [2.24, 2.45) is 0 Å². The van der Waals surface area contributed by atoms with E-state index < -0.39 is 22.6 Å². The number of nitrogens with zero attached hydrogens (tertiary/aromatic N) is 2. The van der Waals surface area contributed by atoms with Gasteiger partial charge in [0, 0.05) is 38.1 Å². The monoisotopic (exact) mass is 533 g/mol. The molecule has 7 nitrogen and oxygen atoms in total. The van der Waals surface area contributed by atoms with Crippen LogP contribution in [0, 0.1) is 6.92 Å². The van der Waals surface area contributed by atoms with Crippen LogP contribution in [0.1, 0.15) is 12.0 Å². The number of benzene rings is 2. The fraction of sp³-hybridized carbons (Fsp3) is 0.391. The van der Waals surface area contributed by atoms with Crippen molar-refractivity contribution >= 4 is 44.8 Å². The van der Waals surface area contributed by atoms with Gasteiger partial charge in [-0.1, -0.05) is 6.07 Å². The lowest BCUT2D eigenvalue weighted by Crippen LogP contribution is -2.47. The molecule has 0 aliphatic carbocycles. The molecular formula is C23H27ClF3N3O4S. The molecule has 1 aromatic heterocycles. The zero-order valence-electron chi connectivity index (χ0n) is 19.3. The third-order valence-corrected chi connectivity index (χ3v) is 7.22. The zero-order chi connectivity index (χ0) is 24.5. The summed E-state index contributed by atoms with van der Waals surface area (Å²) in [5, 5.41) is 0.714. The average molecular weight is 534 g/mol. The van der Waals surface area contributed by atoms with Crippen molar-refractivity contribution in [3.05, 3.63) is 48.2 Å². The molecule has 1 aliphatic rings. The van der Waals surface area contributed by atoms with Crippen LogP contribution in [-0.4, -0.2) is 59.3 Å². The summed E-state index contributed by atoms with van der Waals surface area (Å²) in [7, 11) is -2.54. The molecule has 3 aromatic rings. The standard InChI is InChI=1S/C23H26F3N3O4S.ClH/c1-16-3-4-20(32-2)21(13-16)34(30,31)27-18-14-17-5-12-33-22(17)19(15-18)29-10-8-28(9-11-29)7-6-23(24,25)26;/h3-5,12-15,27H,6-11H2,1-2H3;1H. The van der Waals surface area contributed by atoms with Crippen molar-refractivity contribution in [3.8, 4) is 5.75 Å². The number of halogens is 4. The second-order valence-corrected chi connectivity index (χ2v) is 9.94. The van der Waals surface area contributed by atoms with E-state index in [0.29, 0.717) is 48.5 Å². The molecule has 192 valence electrons. The fourth-order valence-electron chi connectivity index (χ4n) is 4.06. The first kappa shape index (κ1) is 27.0. The molecule has 0 bridgehead atoms. The van der Waals surface area contributed by atoms with Crippen LogP contribution in [0.5, 0.6) is 5.75 Å². The third kappa shape index (κ3) is 6.33. The summed E-state index contributed by atoms with van der Waals surface area (Å²) >= 11 is 0. The van der Waals surface area contributed by atoms with E-state index in [1.54, 1.807) is 48.2 Å². The van der Waals surface area contributed by atoms with Gasteiger partial charge in [0.1, 0.15) is 10.6 Å². The van der Waals surface area contributed by atoms with Gasteiger partial charge in [0.2, 0.25) is 0 Å². The Kier molecular flexibility index (Phi) is 8.13. The first-order valence-electron chi connectivity index (χ1n) is 10.8. The maximum atomic E-state index is 13.2. The van der Waals surface area contributed by atoms with Gasteiger partial charge < -0.3 is 14.1 Å². The summed E-state index contributed by atoms with van der Waals surface area (Å²) in [6.45, 7) is 3.68. The first-order valence-corrected chi connectivity index (χ1v) is 12.3. The Bertz CT molecular complexity index is 1270. The number of ether oxygens (including phenoxy) is 1. The van der Waals surface area contributed by atoms with Gasteiger partial charge in [0.05, 0.1) is 31.2 Å². The molecule has 0 saturated carbocycles. The summed E-state index contributed by atoms with van der Waals surface area (Å²) in [6.07, 6.45) is -3.49. The number of hydrogen-bond acceptors (Lipinski definition) is 6. The van der Waals surface area contributed by atoms with Crippen molar-refractivity contribution in [1.29, 1.82) is 0 Å². The second kappa shape index (κ2) is 10.5. The van der Waals surface area contributed by atoms with Gasteiger partial charge >= 0.3 is 6.18 Å². The fourth-order valence-corrected chi connectivity index (χ4v) is 5.35. The molecule has 0 radical (unpaired) electrons. The molecule has 0 unspecified atom stereocenters. The lowest BCUT2D eigenvalue weighted by Gasteiger charge is -2.36. The quantitative estimate of drug-likeness (QED) is 0.458. The Balaban J connectivity index is 0.00000342. The van der Waals surface area contributed by atoms with Crippen LogP contribution < -0.4 is 14.4 Å². The van der Waals surface area contributed by atoms with Crippen molar-refractivity contribution in [3.63, 3.8) is 0 Å². The largest absolute Gasteiger partial charge is 0.495 e. The zero-order valence-corrected chi connectivity index (χ0v) is 20.9. The molecular weight excluding hydrogens is 507 g/mol. The van der Waals surface area contributed by atoms with E-state index in [1.165, 1.54) is 13.4 Å². The summed E-state index contributed by atoms with van der Waals surface area (Å²) in [5.74, 6) is 0.234. The number of hydrogen-bond donors (Lipinski definition) is 1. The molecule has 1 aliphatic heterocycles. The Morgan fingerprint density at radius 2 is 1.80 bits per heavy atom. The number of aryl methyl sites for hydroxylation is 1. The van der Waals surface area contributed by atoms with Crippen LogP contribution in [0.3, 0.4) is 0 Å². The van der Waals surface area contributed by atoms with E-state index in [2.05, 4.69) is 4.72 Å². The maximum Gasteiger partial charge on any atom is 0.390 e. The third-order valence-electron chi connectivity index (χ3n) is 5.82. The van der Waals surface area contributed by atoms with Gasteiger partial charge in [-0.25, -0.2) is 8.42 Å². The average Bonchev–Trinajstić information content (AvgIpc) is 3.25. The van der Waals surface area contributed by atoms with Gasteiger partial charge in [0.15, 0.2) is 5.58 Å². The predicted molar refractivity (Wildman–Crippen MR) is 131 cm³/mol. The Morgan fingerprint density at radius 1 is 1.09 bits per heavy atom. The molecule has 0 spiro atoms. The number of nitrogens with one attached hydrogen (secondary N) is 1. The summed E-state index contributed by atoms with van der Waals surface area (Å²) < 4.78 is 77.5. The Labute approximate surface area is 208 Å². The lowest BCUT2D eigenvalue weighted by atomic mass is 10.1. The number of alkyl halides is 3. The number of sulfonamides is 1. The van der Waals surface area contributed by atoms with Crippen LogP contribution in [0.25, 0.3) is 11.0 Å². The van der Waals surface area contributed by atoms with E-state index in [-0.39, 0.29) is 29.6 Å². The van der Waals surface area contributed by atoms with Gasteiger partial charge in [0.25, 0.3) is 10.0 Å². The molecule has 2 aromatic carbocycles. The number of methoxy groups -OCH3 is 1. The highest BCUT2D eigenvalue weighted by Crippen LogP contribution is 2.34. The molecule has 0 atom stereocenters. The van der Waals surface area contributed by atoms with Crippen molar-refractivity contribution in [2.75, 3.05) is 49.5 Å². The van der Waals surface area contributed by atoms with Crippen LogP contribution in [0.2, 0.25) is 0 Å². The normalized spacial score (nSPS) is 15.2. The molecule has 1 saturated heterocycles. The van der Waals surface area contributed by atoms with Crippen molar-refractivity contribution in [2.45, 2.75) is 24.4 Å². The van der Waals surface area contributed by atoms with E-state index in [0.717, 1.165) is 5.56 Å². The molecule has 1 fully saturated rings. The SMILES string of the molecule is COc1ccc(C)cc1S(=O)(=O)Nc1cc(N2CCN(CCC(F)(F)F)CC2)c2occc2c1.Cl. The number of piperazine rings is 1. The topological polar surface area (TPSA) is 75.0 Å². The van der Waals surface area contributed by atoms with Crippen molar-refractivity contribution in [1.82, 2.24) is 4.90 Å². The van der Waals surface area contributed by atoms with Gasteiger partial charge in [-0.05, 0) is 42.8 Å². The first-order chi connectivity index (χ1) is 16.1. The smallest absolute Gasteiger partial charge is 0.390 e. The van der Waals surface area contributed by atoms with Gasteiger partial charge in [-0.2, -0.15) is 13.2 Å². The second-order valence-electron chi connectivity index (χ2n) is 8.29. The number of fused-ring (bicyclic) bond motifs is 1. The molecule has 12 heteroatoms. The number of furan rings is 1. The van der Waals surface area contributed by atoms with Gasteiger partial charge in [-0.3, -0.25) is 9.62 Å². The molecule has 0 amide bonds. The molecule has 35 heavy (non-hydrogen) atoms. The minimum Gasteiger partial charge on any atom is -0.495 e. The van der Waals surface area contributed by atoms with E-state index in [9.17, 15) is 21.6 Å². The molecule has 4 rings (SSSR count). The van der Waals surface area contributed by atoms with E-state index in [4.69, 9.17) is 9.15 Å². The van der Waals surface area contributed by atoms with E-state index in [1.807, 2.05) is 4.90 Å². The highest BCUT2D eigenvalue weighted by molar-refractivity contribution is 7.92. The molecule has 2 heterocycles. The van der Waals surface area contributed by atoms with Crippen LogP contribution in [0.15, 0.2) is 52.0 Å². The summed E-state index contributed by atoms with van der Waals surface area (Å²) in [5.41, 5.74) is 2.41. The highest BCUT2D eigenvalue weighted by Gasteiger charge is 2.29. The summed E-state index contributed by atoms with van der Waals surface area (Å²) in [4.78, 5) is 3.81. The number of anilines is 2. The predicted octanol–water partition coefficient (Wildman–Crippen LogP) is 5.05. The van der Waals surface area contributed by atoms with Gasteiger partial charge in [-0.15, -0.1) is 12.4 Å². The van der Waals surface area contributed by atoms with Crippen LogP contribution in [-0.2, 0) is 10.0 Å². The number of rotatable bonds is 7. The van der Waals surface area contributed by atoms with Crippen LogP contribution in [0.4, 0.5) is 24.5 Å². The van der Waals surface area contributed by atoms with Crippen molar-refractivity contribution < 1.29 is 30.7 Å².